The number of amides is 3. The molecule has 0 saturated carbocycles. The van der Waals surface area contributed by atoms with E-state index in [1.165, 1.54) is 36.2 Å². The van der Waals surface area contributed by atoms with Crippen LogP contribution in [0.2, 0.25) is 0 Å². The number of furan rings is 1. The van der Waals surface area contributed by atoms with E-state index in [0.29, 0.717) is 17.9 Å². The first-order valence-electron chi connectivity index (χ1n) is 7.89. The highest BCUT2D eigenvalue weighted by Crippen LogP contribution is 2.31. The van der Waals surface area contributed by atoms with Crippen molar-refractivity contribution >= 4 is 41.1 Å². The minimum Gasteiger partial charge on any atom is -0.459 e. The topological polar surface area (TPSA) is 127 Å². The number of anilines is 1. The monoisotopic (exact) mass is 389 g/mol. The zero-order chi connectivity index (χ0) is 19.2. The van der Waals surface area contributed by atoms with E-state index in [4.69, 9.17) is 9.15 Å². The van der Waals surface area contributed by atoms with E-state index < -0.39 is 24.4 Å². The number of esters is 1. The summed E-state index contributed by atoms with van der Waals surface area (Å²) in [5.41, 5.74) is 4.97. The second-order valence-corrected chi connectivity index (χ2v) is 6.55. The number of benzene rings is 1. The van der Waals surface area contributed by atoms with Gasteiger partial charge in [-0.1, -0.05) is 0 Å². The van der Waals surface area contributed by atoms with E-state index in [0.717, 1.165) is 4.90 Å². The maximum Gasteiger partial charge on any atom is 0.338 e. The number of ether oxygens (including phenoxy) is 1. The molecular formula is C17H15N3O6S. The molecule has 0 unspecified atom stereocenters. The molecule has 2 aromatic rings. The van der Waals surface area contributed by atoms with Crippen LogP contribution in [-0.2, 0) is 14.3 Å². The molecule has 2 heterocycles. The maximum absolute atomic E-state index is 12.1. The van der Waals surface area contributed by atoms with Gasteiger partial charge in [0.25, 0.3) is 5.91 Å². The van der Waals surface area contributed by atoms with E-state index in [2.05, 4.69) is 16.2 Å². The maximum atomic E-state index is 12.1. The average molecular weight is 389 g/mol. The summed E-state index contributed by atoms with van der Waals surface area (Å²) in [5.74, 6) is -1.53. The highest BCUT2D eigenvalue weighted by Gasteiger charge is 2.17. The van der Waals surface area contributed by atoms with Gasteiger partial charge in [0, 0.05) is 17.1 Å². The summed E-state index contributed by atoms with van der Waals surface area (Å²) in [5, 5.41) is 2.73. The van der Waals surface area contributed by atoms with Gasteiger partial charge in [0.1, 0.15) is 0 Å². The van der Waals surface area contributed by atoms with Crippen LogP contribution in [0.15, 0.2) is 45.9 Å². The normalized spacial score (nSPS) is 13.0. The van der Waals surface area contributed by atoms with Gasteiger partial charge in [0.15, 0.2) is 12.4 Å². The highest BCUT2D eigenvalue weighted by molar-refractivity contribution is 7.99. The van der Waals surface area contributed by atoms with Gasteiger partial charge in [0.05, 0.1) is 17.5 Å². The number of hydrazine groups is 1. The van der Waals surface area contributed by atoms with Crippen LogP contribution in [0.4, 0.5) is 5.69 Å². The van der Waals surface area contributed by atoms with Crippen molar-refractivity contribution in [1.82, 2.24) is 10.9 Å². The van der Waals surface area contributed by atoms with Gasteiger partial charge in [-0.2, -0.15) is 0 Å². The summed E-state index contributed by atoms with van der Waals surface area (Å²) >= 11 is 1.51. The van der Waals surface area contributed by atoms with Crippen molar-refractivity contribution in [1.29, 1.82) is 0 Å². The van der Waals surface area contributed by atoms with E-state index in [-0.39, 0.29) is 17.2 Å². The Morgan fingerprint density at radius 3 is 2.85 bits per heavy atom. The fourth-order valence-electron chi connectivity index (χ4n) is 2.19. The lowest BCUT2D eigenvalue weighted by Crippen LogP contribution is -2.43. The van der Waals surface area contributed by atoms with Crippen molar-refractivity contribution in [2.75, 3.05) is 17.7 Å². The quantitative estimate of drug-likeness (QED) is 0.532. The Balaban J connectivity index is 1.51. The van der Waals surface area contributed by atoms with E-state index in [1.807, 2.05) is 0 Å². The third-order valence-corrected chi connectivity index (χ3v) is 4.55. The molecule has 1 aromatic carbocycles. The fourth-order valence-corrected chi connectivity index (χ4v) is 3.13. The molecule has 0 spiro atoms. The molecule has 0 atom stereocenters. The molecule has 0 radical (unpaired) electrons. The minimum absolute atomic E-state index is 0.0252. The van der Waals surface area contributed by atoms with Gasteiger partial charge < -0.3 is 14.5 Å². The lowest BCUT2D eigenvalue weighted by molar-refractivity contribution is -0.125. The molecule has 1 aromatic heterocycles. The molecule has 0 aliphatic carbocycles. The Morgan fingerprint density at radius 2 is 2.07 bits per heavy atom. The lowest BCUT2D eigenvalue weighted by Gasteiger charge is -2.10. The van der Waals surface area contributed by atoms with Crippen molar-refractivity contribution in [3.8, 4) is 0 Å². The second-order valence-electron chi connectivity index (χ2n) is 5.41. The first-order chi connectivity index (χ1) is 13.0. The van der Waals surface area contributed by atoms with Crippen LogP contribution in [0, 0.1) is 0 Å². The molecule has 10 heteroatoms. The molecule has 9 nitrogen and oxygen atoms in total. The van der Waals surface area contributed by atoms with Gasteiger partial charge in [-0.05, 0) is 30.3 Å². The number of hydrogen-bond donors (Lipinski definition) is 3. The third kappa shape index (κ3) is 4.88. The molecule has 1 aliphatic heterocycles. The molecule has 1 aliphatic rings. The Hall–Kier alpha value is -3.27. The van der Waals surface area contributed by atoms with Gasteiger partial charge in [-0.25, -0.2) is 4.79 Å². The lowest BCUT2D eigenvalue weighted by atomic mass is 10.2. The summed E-state index contributed by atoms with van der Waals surface area (Å²) in [4.78, 5) is 47.9. The summed E-state index contributed by atoms with van der Waals surface area (Å²) in [6.07, 6.45) is 1.71. The SMILES string of the molecule is O=C(COC(=O)c1ccc2c(c1)NC(=O)CCS2)NNC(=O)c1ccco1. The number of carbonyl (C=O) groups is 4. The number of rotatable bonds is 4. The molecule has 0 fully saturated rings. The van der Waals surface area contributed by atoms with Gasteiger partial charge in [0.2, 0.25) is 5.91 Å². The van der Waals surface area contributed by atoms with Crippen molar-refractivity contribution < 1.29 is 28.3 Å². The average Bonchev–Trinajstić information content (AvgIpc) is 3.13. The van der Waals surface area contributed by atoms with Gasteiger partial charge in [-0.15, -0.1) is 11.8 Å². The largest absolute Gasteiger partial charge is 0.459 e. The van der Waals surface area contributed by atoms with Gasteiger partial charge in [-0.3, -0.25) is 25.2 Å². The predicted molar refractivity (Wildman–Crippen MR) is 95.0 cm³/mol. The van der Waals surface area contributed by atoms with Crippen LogP contribution in [0.5, 0.6) is 0 Å². The first-order valence-corrected chi connectivity index (χ1v) is 8.88. The van der Waals surface area contributed by atoms with Crippen LogP contribution >= 0.6 is 11.8 Å². The number of nitrogens with one attached hydrogen (secondary N) is 3. The molecule has 0 saturated heterocycles. The Labute approximate surface area is 157 Å². The standard InChI is InChI=1S/C17H15N3O6S/c21-14-5-7-27-13-4-3-10(8-11(13)18-14)17(24)26-9-15(22)19-20-16(23)12-2-1-6-25-12/h1-4,6,8H,5,7,9H2,(H,18,21)(H,19,22)(H,20,23). The molecule has 3 amide bonds. The molecule has 3 N–H and O–H groups in total. The Bertz CT molecular complexity index is 881. The number of hydrogen-bond acceptors (Lipinski definition) is 7. The molecule has 140 valence electrons. The van der Waals surface area contributed by atoms with Crippen LogP contribution in [-0.4, -0.2) is 36.1 Å². The highest BCUT2D eigenvalue weighted by atomic mass is 32.2. The second kappa shape index (κ2) is 8.41. The smallest absolute Gasteiger partial charge is 0.338 e. The number of carbonyl (C=O) groups excluding carboxylic acids is 4. The predicted octanol–water partition coefficient (Wildman–Crippen LogP) is 1.33. The van der Waals surface area contributed by atoms with E-state index in [9.17, 15) is 19.2 Å². The van der Waals surface area contributed by atoms with Crippen LogP contribution in [0.3, 0.4) is 0 Å². The van der Waals surface area contributed by atoms with E-state index in [1.54, 1.807) is 12.1 Å². The zero-order valence-corrected chi connectivity index (χ0v) is 14.8. The molecule has 0 bridgehead atoms. The summed E-state index contributed by atoms with van der Waals surface area (Å²) < 4.78 is 9.78. The summed E-state index contributed by atoms with van der Waals surface area (Å²) in [7, 11) is 0. The van der Waals surface area contributed by atoms with Gasteiger partial charge >= 0.3 is 11.9 Å². The molecule has 3 rings (SSSR count). The Morgan fingerprint density at radius 1 is 1.22 bits per heavy atom. The van der Waals surface area contributed by atoms with Crippen molar-refractivity contribution in [2.24, 2.45) is 0 Å². The minimum atomic E-state index is -0.728. The van der Waals surface area contributed by atoms with E-state index >= 15 is 0 Å². The van der Waals surface area contributed by atoms with Crippen molar-refractivity contribution in [2.45, 2.75) is 11.3 Å². The van der Waals surface area contributed by atoms with Crippen molar-refractivity contribution in [3.63, 3.8) is 0 Å². The summed E-state index contributed by atoms with van der Waals surface area (Å²) in [6, 6.07) is 7.73. The molecule has 27 heavy (non-hydrogen) atoms. The van der Waals surface area contributed by atoms with Crippen molar-refractivity contribution in [3.05, 3.63) is 47.9 Å². The van der Waals surface area contributed by atoms with Crippen LogP contribution in [0.25, 0.3) is 0 Å². The first kappa shape index (κ1) is 18.5. The van der Waals surface area contributed by atoms with Crippen LogP contribution < -0.4 is 16.2 Å². The molecular weight excluding hydrogens is 374 g/mol. The summed E-state index contributed by atoms with van der Waals surface area (Å²) in [6.45, 7) is -0.588. The Kier molecular flexibility index (Phi) is 5.77. The number of fused-ring (bicyclic) bond motifs is 1. The number of thioether (sulfide) groups is 1. The zero-order valence-electron chi connectivity index (χ0n) is 13.9. The fraction of sp³-hybridized carbons (Fsp3) is 0.176. The third-order valence-electron chi connectivity index (χ3n) is 3.47. The van der Waals surface area contributed by atoms with Crippen LogP contribution in [0.1, 0.15) is 27.3 Å².